The van der Waals surface area contributed by atoms with Crippen LogP contribution in [0.1, 0.15) is 133 Å². The van der Waals surface area contributed by atoms with E-state index >= 15 is 0 Å². The number of likely N-dealkylation sites (tertiary alicyclic amines) is 1. The third-order valence-corrected chi connectivity index (χ3v) is 13.2. The maximum absolute atomic E-state index is 14.8. The molecule has 330 valence electrons. The number of Topliss-reactive ketones (excluding diaryl/α,β-unsaturated/α-hetero) is 1. The van der Waals surface area contributed by atoms with Crippen molar-refractivity contribution in [3.8, 4) is 5.75 Å². The molecule has 12 nitrogen and oxygen atoms in total. The lowest BCUT2D eigenvalue weighted by molar-refractivity contribution is -0.160. The van der Waals surface area contributed by atoms with Gasteiger partial charge in [0.25, 0.3) is 5.91 Å². The van der Waals surface area contributed by atoms with Gasteiger partial charge in [-0.15, -0.1) is 11.3 Å². The number of thioether (sulfide) groups is 1. The van der Waals surface area contributed by atoms with Crippen molar-refractivity contribution in [3.63, 3.8) is 0 Å². The second-order valence-electron chi connectivity index (χ2n) is 16.7. The lowest BCUT2D eigenvalue weighted by Gasteiger charge is -2.39. The molecule has 0 bridgehead atoms. The monoisotopic (exact) mass is 858 g/mol. The van der Waals surface area contributed by atoms with Crippen LogP contribution in [0.3, 0.4) is 0 Å². The first kappa shape index (κ1) is 49.9. The van der Waals surface area contributed by atoms with Gasteiger partial charge in [-0.25, -0.2) is 4.98 Å². The molecule has 2 N–H and O–H groups in total. The predicted molar refractivity (Wildman–Crippen MR) is 236 cm³/mol. The standard InChI is InChI=1S/C45H70N4O8S2/c1-10-14-41(52)57-28-49(44(54)36(30(5)11-2)26-40(51)38-15-12-13-20-48(38)8)39(29(3)4)24-31(6)43-47-37(27-59-43)42(53)46-34(25-33-16-18-35(50)19-17-33)23-32(7)45(55)56-21-22-58-9/h16-19,27,29-32,34,36,38-39,50H,10-15,20-26,28H2,1-9H3,(H,46,53)/t30?,31-,32+,34-,36+,38-,39-/m1/s1. The summed E-state index contributed by atoms with van der Waals surface area (Å²) in [5.74, 6) is -1.59. The van der Waals surface area contributed by atoms with Gasteiger partial charge in [0.2, 0.25) is 5.91 Å². The number of phenolic OH excluding ortho intramolecular Hbond substituents is 1. The van der Waals surface area contributed by atoms with Crippen LogP contribution in [0.2, 0.25) is 0 Å². The molecule has 0 spiro atoms. The summed E-state index contributed by atoms with van der Waals surface area (Å²) in [4.78, 5) is 76.3. The highest BCUT2D eigenvalue weighted by Gasteiger charge is 2.38. The normalized spacial score (nSPS) is 17.6. The zero-order valence-electron chi connectivity index (χ0n) is 36.9. The molecule has 0 radical (unpaired) electrons. The predicted octanol–water partition coefficient (Wildman–Crippen LogP) is 7.88. The number of ether oxygens (including phenoxy) is 2. The number of phenols is 1. The second kappa shape index (κ2) is 25.3. The van der Waals surface area contributed by atoms with Crippen LogP contribution in [-0.4, -0.2) is 106 Å². The third kappa shape index (κ3) is 15.8. The molecule has 1 aromatic carbocycles. The fourth-order valence-electron chi connectivity index (χ4n) is 7.71. The fraction of sp³-hybridized carbons (Fsp3) is 0.689. The molecule has 59 heavy (non-hydrogen) atoms. The Hall–Kier alpha value is -3.49. The Kier molecular flexibility index (Phi) is 21.4. The summed E-state index contributed by atoms with van der Waals surface area (Å²) in [5.41, 5.74) is 1.15. The molecule has 1 fully saturated rings. The number of piperidine rings is 1. The SMILES string of the molecule is CCCC(=O)OCN(C(=O)[C@@H](CC(=O)[C@H]1CCCCN1C)C(C)CC)[C@H](C[C@@H](C)c1nc(C(=O)N[C@@H](Cc2ccc(O)cc2)C[C@H](C)C(=O)OCCSC)cs1)C(C)C. The quantitative estimate of drug-likeness (QED) is 0.0569. The van der Waals surface area contributed by atoms with Crippen LogP contribution in [0.15, 0.2) is 29.6 Å². The summed E-state index contributed by atoms with van der Waals surface area (Å²) < 4.78 is 11.2. The molecule has 14 heteroatoms. The number of nitrogens with zero attached hydrogens (tertiary/aromatic N) is 3. The number of aromatic nitrogens is 1. The maximum Gasteiger partial charge on any atom is 0.308 e. The van der Waals surface area contributed by atoms with Crippen LogP contribution in [-0.2, 0) is 35.1 Å². The van der Waals surface area contributed by atoms with Crippen LogP contribution in [0, 0.1) is 23.7 Å². The van der Waals surface area contributed by atoms with Crippen LogP contribution in [0.25, 0.3) is 0 Å². The first-order valence-electron chi connectivity index (χ1n) is 21.5. The van der Waals surface area contributed by atoms with Crippen LogP contribution in [0.4, 0.5) is 0 Å². The highest BCUT2D eigenvalue weighted by atomic mass is 32.2. The van der Waals surface area contributed by atoms with Gasteiger partial charge in [-0.3, -0.25) is 28.9 Å². The second-order valence-corrected chi connectivity index (χ2v) is 18.6. The van der Waals surface area contributed by atoms with Gasteiger partial charge in [-0.05, 0) is 87.9 Å². The summed E-state index contributed by atoms with van der Waals surface area (Å²) in [6.07, 6.45) is 7.79. The van der Waals surface area contributed by atoms with E-state index in [1.165, 1.54) is 11.3 Å². The summed E-state index contributed by atoms with van der Waals surface area (Å²) in [6, 6.07) is 5.81. The zero-order chi connectivity index (χ0) is 43.6. The van der Waals surface area contributed by atoms with Crippen molar-refractivity contribution < 1.29 is 38.6 Å². The maximum atomic E-state index is 14.8. The fourth-order valence-corrected chi connectivity index (χ4v) is 8.83. The largest absolute Gasteiger partial charge is 0.508 e. The van der Waals surface area contributed by atoms with E-state index in [9.17, 15) is 29.1 Å². The van der Waals surface area contributed by atoms with Crippen molar-refractivity contribution in [1.82, 2.24) is 20.1 Å². The number of hydrogen-bond acceptors (Lipinski definition) is 12. The molecule has 1 saturated heterocycles. The molecule has 7 atom stereocenters. The van der Waals surface area contributed by atoms with E-state index < -0.39 is 17.9 Å². The number of thiazole rings is 1. The highest BCUT2D eigenvalue weighted by molar-refractivity contribution is 7.98. The van der Waals surface area contributed by atoms with Crippen molar-refractivity contribution in [1.29, 1.82) is 0 Å². The van der Waals surface area contributed by atoms with Gasteiger partial charge in [0.15, 0.2) is 12.5 Å². The molecule has 2 amide bonds. The number of benzene rings is 1. The smallest absolute Gasteiger partial charge is 0.308 e. The molecule has 0 aliphatic carbocycles. The van der Waals surface area contributed by atoms with E-state index in [0.29, 0.717) is 38.0 Å². The van der Waals surface area contributed by atoms with Crippen LogP contribution in [0.5, 0.6) is 5.75 Å². The molecule has 1 aliphatic rings. The Labute approximate surface area is 361 Å². The van der Waals surface area contributed by atoms with Gasteiger partial charge < -0.3 is 24.8 Å². The molecule has 0 saturated carbocycles. The summed E-state index contributed by atoms with van der Waals surface area (Å²) in [6.45, 7) is 14.8. The third-order valence-electron chi connectivity index (χ3n) is 11.6. The Morgan fingerprint density at radius 2 is 1.75 bits per heavy atom. The molecule has 2 aromatic rings. The number of rotatable bonds is 25. The van der Waals surface area contributed by atoms with E-state index in [-0.39, 0.29) is 90.4 Å². The Balaban J connectivity index is 1.84. The number of ketones is 1. The molecule has 1 unspecified atom stereocenters. The number of carbonyl (C=O) groups excluding carboxylic acids is 5. The molecule has 2 heterocycles. The highest BCUT2D eigenvalue weighted by Crippen LogP contribution is 2.33. The first-order valence-corrected chi connectivity index (χ1v) is 23.8. The van der Waals surface area contributed by atoms with E-state index in [1.54, 1.807) is 53.2 Å². The van der Waals surface area contributed by atoms with Crippen LogP contribution < -0.4 is 5.32 Å². The minimum absolute atomic E-state index is 0.0261. The Morgan fingerprint density at radius 1 is 1.03 bits per heavy atom. The van der Waals surface area contributed by atoms with Crippen molar-refractivity contribution in [2.75, 3.05) is 38.9 Å². The average Bonchev–Trinajstić information content (AvgIpc) is 3.71. The number of hydrogen-bond donors (Lipinski definition) is 2. The molecular formula is C45H70N4O8S2. The van der Waals surface area contributed by atoms with Gasteiger partial charge in [-0.1, -0.05) is 73.4 Å². The minimum Gasteiger partial charge on any atom is -0.508 e. The topological polar surface area (TPSA) is 155 Å². The van der Waals surface area contributed by atoms with Gasteiger partial charge in [0.05, 0.1) is 17.0 Å². The van der Waals surface area contributed by atoms with Crippen molar-refractivity contribution in [2.45, 2.75) is 137 Å². The summed E-state index contributed by atoms with van der Waals surface area (Å²) in [7, 11) is 1.98. The van der Waals surface area contributed by atoms with Crippen LogP contribution >= 0.6 is 23.1 Å². The Morgan fingerprint density at radius 3 is 2.37 bits per heavy atom. The summed E-state index contributed by atoms with van der Waals surface area (Å²) >= 11 is 2.97. The van der Waals surface area contributed by atoms with E-state index in [4.69, 9.17) is 14.5 Å². The number of carbonyl (C=O) groups is 5. The van der Waals surface area contributed by atoms with Crippen molar-refractivity contribution in [2.24, 2.45) is 23.7 Å². The first-order chi connectivity index (χ1) is 28.1. The molecule has 3 rings (SSSR count). The van der Waals surface area contributed by atoms with Gasteiger partial charge in [0.1, 0.15) is 18.1 Å². The molecular weight excluding hydrogens is 789 g/mol. The lowest BCUT2D eigenvalue weighted by atomic mass is 9.82. The van der Waals surface area contributed by atoms with E-state index in [1.807, 2.05) is 54.8 Å². The Bertz CT molecular complexity index is 1640. The number of likely N-dealkylation sites (N-methyl/N-ethyl adjacent to an activating group) is 1. The lowest BCUT2D eigenvalue weighted by Crippen LogP contribution is -2.50. The van der Waals surface area contributed by atoms with Gasteiger partial charge in [0, 0.05) is 47.9 Å². The van der Waals surface area contributed by atoms with E-state index in [2.05, 4.69) is 10.2 Å². The number of esters is 2. The average molecular weight is 859 g/mol. The molecule has 1 aromatic heterocycles. The minimum atomic E-state index is -0.561. The number of aromatic hydroxyl groups is 1. The number of nitrogens with one attached hydrogen (secondary N) is 1. The van der Waals surface area contributed by atoms with Gasteiger partial charge in [-0.2, -0.15) is 11.8 Å². The van der Waals surface area contributed by atoms with Crippen molar-refractivity contribution >= 4 is 52.6 Å². The van der Waals surface area contributed by atoms with Crippen molar-refractivity contribution in [3.05, 3.63) is 45.9 Å². The number of amides is 2. The van der Waals surface area contributed by atoms with E-state index in [0.717, 1.165) is 42.8 Å². The zero-order valence-corrected chi connectivity index (χ0v) is 38.5. The summed E-state index contributed by atoms with van der Waals surface area (Å²) in [5, 5.41) is 15.4. The van der Waals surface area contributed by atoms with Gasteiger partial charge >= 0.3 is 11.9 Å². The molecule has 1 aliphatic heterocycles.